The van der Waals surface area contributed by atoms with E-state index in [1.54, 1.807) is 36.4 Å². The Morgan fingerprint density at radius 2 is 1.76 bits per heavy atom. The summed E-state index contributed by atoms with van der Waals surface area (Å²) in [6.07, 6.45) is 2.01. The molecule has 156 valence electrons. The molecule has 3 unspecified atom stereocenters. The van der Waals surface area contributed by atoms with Gasteiger partial charge in [0.15, 0.2) is 0 Å². The molecule has 0 radical (unpaired) electrons. The highest BCUT2D eigenvalue weighted by Crippen LogP contribution is 2.44. The first-order valence-electron chi connectivity index (χ1n) is 9.88. The van der Waals surface area contributed by atoms with Gasteiger partial charge in [-0.25, -0.2) is 12.8 Å². The Labute approximate surface area is 171 Å². The van der Waals surface area contributed by atoms with E-state index in [0.29, 0.717) is 19.3 Å². The molecule has 2 N–H and O–H groups in total. The molecule has 29 heavy (non-hydrogen) atoms. The molecule has 0 aromatic heterocycles. The summed E-state index contributed by atoms with van der Waals surface area (Å²) >= 11 is 0. The van der Waals surface area contributed by atoms with Gasteiger partial charge in [-0.1, -0.05) is 43.2 Å². The van der Waals surface area contributed by atoms with Gasteiger partial charge in [0, 0.05) is 12.5 Å². The van der Waals surface area contributed by atoms with Gasteiger partial charge in [0.05, 0.1) is 10.9 Å². The molecule has 7 heteroatoms. The summed E-state index contributed by atoms with van der Waals surface area (Å²) in [7, 11) is -3.82. The maximum absolute atomic E-state index is 13.6. The number of amides is 1. The zero-order valence-electron chi connectivity index (χ0n) is 16.7. The predicted octanol–water partition coefficient (Wildman–Crippen LogP) is 3.93. The van der Waals surface area contributed by atoms with E-state index in [1.807, 2.05) is 13.8 Å². The molecule has 1 heterocycles. The van der Waals surface area contributed by atoms with Crippen molar-refractivity contribution in [1.82, 2.24) is 4.31 Å². The van der Waals surface area contributed by atoms with Crippen LogP contribution in [0.1, 0.15) is 49.8 Å². The lowest BCUT2D eigenvalue weighted by atomic mass is 9.92. The van der Waals surface area contributed by atoms with Crippen molar-refractivity contribution in [3.63, 3.8) is 0 Å². The molecule has 3 rings (SSSR count). The first-order chi connectivity index (χ1) is 13.7. The van der Waals surface area contributed by atoms with E-state index >= 15 is 0 Å². The highest BCUT2D eigenvalue weighted by molar-refractivity contribution is 7.89. The number of hydrogen-bond donors (Lipinski definition) is 1. The Balaban J connectivity index is 2.07. The molecule has 0 aliphatic carbocycles. The summed E-state index contributed by atoms with van der Waals surface area (Å²) in [5.74, 6) is -0.968. The van der Waals surface area contributed by atoms with Crippen molar-refractivity contribution >= 4 is 15.9 Å². The van der Waals surface area contributed by atoms with Gasteiger partial charge < -0.3 is 5.73 Å². The van der Waals surface area contributed by atoms with Crippen molar-refractivity contribution < 1.29 is 17.6 Å². The summed E-state index contributed by atoms with van der Waals surface area (Å²) in [5, 5.41) is 0. The monoisotopic (exact) mass is 418 g/mol. The summed E-state index contributed by atoms with van der Waals surface area (Å²) in [5.41, 5.74) is 7.15. The Morgan fingerprint density at radius 3 is 2.31 bits per heavy atom. The van der Waals surface area contributed by atoms with Crippen LogP contribution in [0.15, 0.2) is 53.4 Å². The van der Waals surface area contributed by atoms with Gasteiger partial charge in [-0.3, -0.25) is 4.79 Å². The second kappa shape index (κ2) is 8.63. The fourth-order valence-electron chi connectivity index (χ4n) is 4.24. The maximum atomic E-state index is 13.6. The topological polar surface area (TPSA) is 80.5 Å². The SMILES string of the molecule is CCC(CC(N)=O)C1CCC(c2ccc(F)cc2)N1S(=O)(=O)c1ccc(C)cc1. The number of benzene rings is 2. The second-order valence-corrected chi connectivity index (χ2v) is 9.54. The maximum Gasteiger partial charge on any atom is 0.243 e. The molecule has 3 atom stereocenters. The molecular weight excluding hydrogens is 391 g/mol. The highest BCUT2D eigenvalue weighted by atomic mass is 32.2. The van der Waals surface area contributed by atoms with Gasteiger partial charge in [0.25, 0.3) is 0 Å². The number of halogens is 1. The number of rotatable bonds is 7. The number of sulfonamides is 1. The molecule has 1 fully saturated rings. The fourth-order valence-corrected chi connectivity index (χ4v) is 6.16. The van der Waals surface area contributed by atoms with E-state index in [9.17, 15) is 17.6 Å². The number of nitrogens with zero attached hydrogens (tertiary/aromatic N) is 1. The van der Waals surface area contributed by atoms with Gasteiger partial charge in [-0.15, -0.1) is 0 Å². The molecule has 1 amide bonds. The lowest BCUT2D eigenvalue weighted by molar-refractivity contribution is -0.119. The molecule has 2 aromatic rings. The minimum atomic E-state index is -3.82. The number of primary amides is 1. The number of carbonyl (C=O) groups is 1. The minimum Gasteiger partial charge on any atom is -0.370 e. The third-order valence-electron chi connectivity index (χ3n) is 5.75. The van der Waals surface area contributed by atoms with Gasteiger partial charge in [-0.2, -0.15) is 4.31 Å². The van der Waals surface area contributed by atoms with Crippen LogP contribution in [0.5, 0.6) is 0 Å². The van der Waals surface area contributed by atoms with Crippen molar-refractivity contribution in [3.8, 4) is 0 Å². The Kier molecular flexibility index (Phi) is 6.39. The van der Waals surface area contributed by atoms with Crippen molar-refractivity contribution in [3.05, 3.63) is 65.5 Å². The van der Waals surface area contributed by atoms with Crippen molar-refractivity contribution in [2.24, 2.45) is 11.7 Å². The Hall–Kier alpha value is -2.25. The van der Waals surface area contributed by atoms with Crippen molar-refractivity contribution in [2.45, 2.75) is 56.5 Å². The van der Waals surface area contributed by atoms with E-state index in [0.717, 1.165) is 11.1 Å². The minimum absolute atomic E-state index is 0.136. The number of carbonyl (C=O) groups excluding carboxylic acids is 1. The summed E-state index contributed by atoms with van der Waals surface area (Å²) in [4.78, 5) is 11.8. The zero-order chi connectivity index (χ0) is 21.2. The molecule has 1 saturated heterocycles. The molecule has 0 saturated carbocycles. The largest absolute Gasteiger partial charge is 0.370 e. The van der Waals surface area contributed by atoms with Gasteiger partial charge in [-0.05, 0) is 55.5 Å². The average Bonchev–Trinajstić information content (AvgIpc) is 3.12. The summed E-state index contributed by atoms with van der Waals surface area (Å²) < 4.78 is 42.3. The molecule has 1 aliphatic heterocycles. The Bertz CT molecular complexity index is 959. The molecule has 5 nitrogen and oxygen atoms in total. The van der Waals surface area contributed by atoms with E-state index in [4.69, 9.17) is 5.73 Å². The van der Waals surface area contributed by atoms with Crippen LogP contribution in [0.4, 0.5) is 4.39 Å². The molecular formula is C22H27FN2O3S. The van der Waals surface area contributed by atoms with Crippen LogP contribution in [0.2, 0.25) is 0 Å². The van der Waals surface area contributed by atoms with Crippen molar-refractivity contribution in [2.75, 3.05) is 0 Å². The second-order valence-electron chi connectivity index (χ2n) is 7.70. The number of nitrogens with two attached hydrogens (primary N) is 1. The third kappa shape index (κ3) is 4.51. The molecule has 1 aliphatic rings. The number of aryl methyl sites for hydroxylation is 1. The summed E-state index contributed by atoms with van der Waals surface area (Å²) in [6, 6.07) is 12.0. The standard InChI is InChI=1S/C22H27FN2O3S/c1-3-16(14-22(24)26)20-12-13-21(17-6-8-18(23)9-7-17)25(20)29(27,28)19-10-4-15(2)5-11-19/h4-11,16,20-21H,3,12-14H2,1-2H3,(H2,24,26). The number of hydrogen-bond acceptors (Lipinski definition) is 3. The Morgan fingerprint density at radius 1 is 1.14 bits per heavy atom. The van der Waals surface area contributed by atoms with Crippen LogP contribution in [0.25, 0.3) is 0 Å². The fraction of sp³-hybridized carbons (Fsp3) is 0.409. The van der Waals surface area contributed by atoms with Crippen LogP contribution >= 0.6 is 0 Å². The van der Waals surface area contributed by atoms with Crippen LogP contribution in [0, 0.1) is 18.7 Å². The lowest BCUT2D eigenvalue weighted by Crippen LogP contribution is -2.42. The van der Waals surface area contributed by atoms with Crippen molar-refractivity contribution in [1.29, 1.82) is 0 Å². The zero-order valence-corrected chi connectivity index (χ0v) is 17.5. The first kappa shape index (κ1) is 21.5. The average molecular weight is 419 g/mol. The summed E-state index contributed by atoms with van der Waals surface area (Å²) in [6.45, 7) is 3.84. The van der Waals surface area contributed by atoms with Crippen LogP contribution < -0.4 is 5.73 Å². The highest BCUT2D eigenvalue weighted by Gasteiger charge is 2.45. The molecule has 0 bridgehead atoms. The van der Waals surface area contributed by atoms with E-state index in [1.165, 1.54) is 16.4 Å². The quantitative estimate of drug-likeness (QED) is 0.740. The van der Waals surface area contributed by atoms with Gasteiger partial charge in [0.1, 0.15) is 5.82 Å². The van der Waals surface area contributed by atoms with Crippen LogP contribution in [-0.4, -0.2) is 24.7 Å². The predicted molar refractivity (Wildman–Crippen MR) is 110 cm³/mol. The van der Waals surface area contributed by atoms with Gasteiger partial charge >= 0.3 is 0 Å². The van der Waals surface area contributed by atoms with Crippen LogP contribution in [-0.2, 0) is 14.8 Å². The van der Waals surface area contributed by atoms with Gasteiger partial charge in [0.2, 0.25) is 15.9 Å². The van der Waals surface area contributed by atoms with E-state index in [2.05, 4.69) is 0 Å². The molecule has 0 spiro atoms. The third-order valence-corrected chi connectivity index (χ3v) is 7.70. The smallest absolute Gasteiger partial charge is 0.243 e. The normalized spacial score (nSPS) is 21.2. The van der Waals surface area contributed by atoms with Crippen LogP contribution in [0.3, 0.4) is 0 Å². The lowest BCUT2D eigenvalue weighted by Gasteiger charge is -2.33. The van der Waals surface area contributed by atoms with E-state index < -0.39 is 22.0 Å². The first-order valence-corrected chi connectivity index (χ1v) is 11.3. The van der Waals surface area contributed by atoms with E-state index in [-0.39, 0.29) is 29.1 Å². The molecule has 2 aromatic carbocycles.